The van der Waals surface area contributed by atoms with Gasteiger partial charge in [-0.1, -0.05) is 36.8 Å². The molecule has 2 saturated carbocycles. The predicted octanol–water partition coefficient (Wildman–Crippen LogP) is 12.2. The molecule has 4 aromatic carbocycles. The van der Waals surface area contributed by atoms with E-state index in [1.54, 1.807) is 48.4 Å². The van der Waals surface area contributed by atoms with E-state index in [4.69, 9.17) is 25.4 Å². The first-order valence-electron chi connectivity index (χ1n) is 22.3. The molecule has 3 aliphatic rings. The molecule has 0 radical (unpaired) electrons. The number of anilines is 2. The first-order chi connectivity index (χ1) is 33.7. The van der Waals surface area contributed by atoms with Crippen LogP contribution in [0.1, 0.15) is 92.0 Å². The molecule has 3 amide bonds. The number of aliphatic imine (C=N–C) groups is 1. The van der Waals surface area contributed by atoms with E-state index in [9.17, 15) is 46.0 Å². The minimum absolute atomic E-state index is 0.0000298. The Kier molecular flexibility index (Phi) is 18.3. The van der Waals surface area contributed by atoms with Crippen LogP contribution in [0.4, 0.5) is 59.2 Å². The Morgan fingerprint density at radius 3 is 1.86 bits per heavy atom. The smallest absolute Gasteiger partial charge is 0.359 e. The maximum Gasteiger partial charge on any atom is 0.410 e. The summed E-state index contributed by atoms with van der Waals surface area (Å²) in [6, 6.07) is 17.0. The van der Waals surface area contributed by atoms with E-state index in [1.807, 2.05) is 6.07 Å². The number of nitriles is 1. The van der Waals surface area contributed by atoms with Crippen LogP contribution in [-0.2, 0) is 39.8 Å². The Bertz CT molecular complexity index is 2890. The number of hydrogen-bond acceptors (Lipinski definition) is 7. The van der Waals surface area contributed by atoms with Crippen molar-refractivity contribution in [2.45, 2.75) is 102 Å². The van der Waals surface area contributed by atoms with Crippen LogP contribution in [0.2, 0.25) is 0 Å². The largest absolute Gasteiger partial charge is 0.410 e. The van der Waals surface area contributed by atoms with Crippen molar-refractivity contribution in [2.24, 2.45) is 10.4 Å². The van der Waals surface area contributed by atoms with Crippen molar-refractivity contribution in [2.75, 3.05) is 23.9 Å². The molecule has 1 spiro atoms. The fraction of sp³-hybridized carbons (Fsp3) is 0.373. The van der Waals surface area contributed by atoms with Crippen LogP contribution in [0.25, 0.3) is 9.69 Å². The van der Waals surface area contributed by atoms with Crippen molar-refractivity contribution in [1.29, 1.82) is 5.26 Å². The highest BCUT2D eigenvalue weighted by Gasteiger charge is 2.60. The van der Waals surface area contributed by atoms with Crippen LogP contribution in [0.15, 0.2) is 65.7 Å². The molecule has 20 heteroatoms. The summed E-state index contributed by atoms with van der Waals surface area (Å²) in [4.78, 5) is 48.0. The number of benzene rings is 4. The number of nitrogens with one attached hydrogen (secondary N) is 2. The molecule has 71 heavy (non-hydrogen) atoms. The average Bonchev–Trinajstić information content (AvgIpc) is 3.56. The molecule has 3 fully saturated rings. The van der Waals surface area contributed by atoms with Crippen LogP contribution < -0.4 is 20.4 Å². The first-order valence-corrected chi connectivity index (χ1v) is 23.1. The van der Waals surface area contributed by atoms with Gasteiger partial charge in [0.25, 0.3) is 5.91 Å². The maximum atomic E-state index is 15.2. The highest BCUT2D eigenvalue weighted by molar-refractivity contribution is 7.81. The molecule has 0 atom stereocenters. The van der Waals surface area contributed by atoms with Gasteiger partial charge in [-0.05, 0) is 148 Å². The zero-order valence-electron chi connectivity index (χ0n) is 38.8. The molecule has 1 saturated heterocycles. The molecule has 1 heterocycles. The summed E-state index contributed by atoms with van der Waals surface area (Å²) in [5, 5.41) is 16.2. The summed E-state index contributed by atoms with van der Waals surface area (Å²) in [7, 11) is 3.16. The molecule has 0 aromatic heterocycles. The predicted molar refractivity (Wildman–Crippen MR) is 261 cm³/mol. The lowest BCUT2D eigenvalue weighted by Gasteiger charge is -2.43. The summed E-state index contributed by atoms with van der Waals surface area (Å²) in [6.07, 6.45) is 3.29. The van der Waals surface area contributed by atoms with Crippen molar-refractivity contribution in [3.05, 3.63) is 135 Å². The van der Waals surface area contributed by atoms with Crippen molar-refractivity contribution in [3.63, 3.8) is 0 Å². The standard InChI is InChI=1S/C25H24F2N4O2S.C17H21FN2O.C9H2F4N2S/c1-15-19(28-2)10-11-20(22(15)27)30-23(33)25(12-5-13-25)31(24(30)34)17-9-8-16(18(26)14-17)6-4-7-21(32)29-3;1-20-16(21)5-2-4-14-7-6-13(10-15(14)18)11-17(12-19)8-3-9-17;1-14-5-2-3-6(15-4-16)8(10)7(5)9(11,12)13/h8-11,14H,4-7,12-13H2,1,3H3,(H,29,32);6-7,10H,2-5,8-9,11H2,1H3,(H,20,21);2-3H. The van der Waals surface area contributed by atoms with Gasteiger partial charge < -0.3 is 15.5 Å². The molecule has 11 nitrogen and oxygen atoms in total. The minimum atomic E-state index is -4.95. The quantitative estimate of drug-likeness (QED) is 0.0591. The molecule has 1 aliphatic heterocycles. The molecule has 4 aromatic rings. The molecule has 370 valence electrons. The molecule has 7 rings (SSSR count). The number of carbonyl (C=O) groups excluding carboxylic acids is 3. The number of alkyl halides is 3. The normalized spacial score (nSPS) is 15.0. The second-order valence-corrected chi connectivity index (χ2v) is 17.6. The number of halogens is 7. The van der Waals surface area contributed by atoms with Gasteiger partial charge in [0.15, 0.2) is 16.6 Å². The van der Waals surface area contributed by atoms with Crippen LogP contribution >= 0.6 is 24.4 Å². The van der Waals surface area contributed by atoms with E-state index in [0.29, 0.717) is 74.6 Å². The number of amides is 3. The van der Waals surface area contributed by atoms with Gasteiger partial charge in [0, 0.05) is 32.6 Å². The number of nitrogens with zero attached hydrogens (tertiary/aromatic N) is 6. The van der Waals surface area contributed by atoms with Crippen LogP contribution in [-0.4, -0.2) is 47.6 Å². The number of rotatable bonds is 13. The Balaban J connectivity index is 0.000000216. The maximum absolute atomic E-state index is 15.2. The van der Waals surface area contributed by atoms with Gasteiger partial charge in [0.2, 0.25) is 17.5 Å². The highest BCUT2D eigenvalue weighted by Crippen LogP contribution is 2.49. The van der Waals surface area contributed by atoms with Crippen LogP contribution in [0.5, 0.6) is 0 Å². The highest BCUT2D eigenvalue weighted by atomic mass is 32.1. The van der Waals surface area contributed by atoms with Gasteiger partial charge in [-0.3, -0.25) is 19.3 Å². The molecule has 2 N–H and O–H groups in total. The topological polar surface area (TPSA) is 127 Å². The van der Waals surface area contributed by atoms with Gasteiger partial charge in [0.1, 0.15) is 28.7 Å². The van der Waals surface area contributed by atoms with Crippen molar-refractivity contribution >= 4 is 80.9 Å². The summed E-state index contributed by atoms with van der Waals surface area (Å²) in [5.74, 6) is -3.41. The summed E-state index contributed by atoms with van der Waals surface area (Å²) < 4.78 is 94.9. The van der Waals surface area contributed by atoms with E-state index < -0.39 is 46.1 Å². The average molecular weight is 1020 g/mol. The lowest BCUT2D eigenvalue weighted by molar-refractivity contribution is -0.139. The Morgan fingerprint density at radius 1 is 0.831 bits per heavy atom. The minimum Gasteiger partial charge on any atom is -0.359 e. The number of isothiocyanates is 1. The van der Waals surface area contributed by atoms with E-state index in [1.165, 1.54) is 30.0 Å². The molecule has 0 unspecified atom stereocenters. The Morgan fingerprint density at radius 2 is 1.39 bits per heavy atom. The van der Waals surface area contributed by atoms with Crippen molar-refractivity contribution in [1.82, 2.24) is 10.6 Å². The zero-order valence-corrected chi connectivity index (χ0v) is 40.5. The fourth-order valence-electron chi connectivity index (χ4n) is 8.43. The molecule has 0 bridgehead atoms. The summed E-state index contributed by atoms with van der Waals surface area (Å²) in [5.41, 5.74) is -1.51. The fourth-order valence-corrected chi connectivity index (χ4v) is 8.99. The van der Waals surface area contributed by atoms with Gasteiger partial charge in [-0.25, -0.2) is 27.3 Å². The summed E-state index contributed by atoms with van der Waals surface area (Å²) >= 11 is 9.81. The number of carbonyl (C=O) groups is 3. The number of thiocarbonyl (C=S) groups is 2. The van der Waals surface area contributed by atoms with Crippen LogP contribution in [0, 0.1) is 60.1 Å². The molecular weight excluding hydrogens is 970 g/mol. The van der Waals surface area contributed by atoms with Gasteiger partial charge >= 0.3 is 6.18 Å². The second kappa shape index (κ2) is 23.7. The molecule has 2 aliphatic carbocycles. The second-order valence-electron chi connectivity index (χ2n) is 17.1. The zero-order chi connectivity index (χ0) is 52.3. The Labute approximate surface area is 417 Å². The number of hydrogen-bond donors (Lipinski definition) is 2. The van der Waals surface area contributed by atoms with E-state index in [0.717, 1.165) is 43.4 Å². The van der Waals surface area contributed by atoms with Crippen LogP contribution in [0.3, 0.4) is 0 Å². The Hall–Kier alpha value is -7.04. The monoisotopic (exact) mass is 1020 g/mol. The van der Waals surface area contributed by atoms with E-state index in [2.05, 4.69) is 43.6 Å². The van der Waals surface area contributed by atoms with Gasteiger partial charge in [0.05, 0.1) is 41.0 Å². The van der Waals surface area contributed by atoms with Gasteiger partial charge in [-0.15, -0.1) is 0 Å². The van der Waals surface area contributed by atoms with Gasteiger partial charge in [-0.2, -0.15) is 23.4 Å². The van der Waals surface area contributed by atoms with Crippen molar-refractivity contribution < 1.29 is 45.1 Å². The molecular formula is C51H47F7N8O3S2. The third-order valence-corrected chi connectivity index (χ3v) is 13.2. The third-order valence-electron chi connectivity index (χ3n) is 12.7. The number of aryl methyl sites for hydroxylation is 2. The van der Waals surface area contributed by atoms with E-state index in [-0.39, 0.29) is 51.0 Å². The summed E-state index contributed by atoms with van der Waals surface area (Å²) in [6.45, 7) is 15.2. The first kappa shape index (κ1) is 54.9. The lowest BCUT2D eigenvalue weighted by Crippen LogP contribution is -2.55. The SMILES string of the molecule is CNC(=O)CCCc1ccc(CC2(C#N)CCC2)cc1F.[C-]#[N+]c1ccc(N2C(=O)C3(CCC3)N(c3ccc(CCCC(=O)NC)c(F)c3)C2=S)c(F)c1C.[C-]#[N+]c1ccc(N=C=S)c(F)c1C(F)(F)F. The van der Waals surface area contributed by atoms with Crippen molar-refractivity contribution in [3.8, 4) is 6.07 Å². The van der Waals surface area contributed by atoms with E-state index >= 15 is 4.39 Å². The third kappa shape index (κ3) is 12.3. The lowest BCUT2D eigenvalue weighted by atomic mass is 9.66.